The fraction of sp³-hybridized carbons (Fsp3) is 0.182. The number of methoxy groups -OCH3 is 1. The van der Waals surface area contributed by atoms with Crippen LogP contribution in [0.5, 0.6) is 5.75 Å². The number of aromatic nitrogens is 7. The zero-order valence-electron chi connectivity index (χ0n) is 17.2. The minimum absolute atomic E-state index is 0.742. The summed E-state index contributed by atoms with van der Waals surface area (Å²) in [4.78, 5) is 4.82. The lowest BCUT2D eigenvalue weighted by molar-refractivity contribution is 0.416. The molecule has 0 aliphatic rings. The number of aryl methyl sites for hydroxylation is 3. The SMILES string of the molecule is COc1cc(-n2cccn2)ccc1-c1c(C)nn2c(-c3ccnn3C)cc(C)nc12. The molecule has 0 aliphatic carbocycles. The number of rotatable bonds is 4. The lowest BCUT2D eigenvalue weighted by atomic mass is 10.0. The number of benzene rings is 1. The van der Waals surface area contributed by atoms with E-state index in [9.17, 15) is 0 Å². The van der Waals surface area contributed by atoms with Crippen molar-refractivity contribution in [3.05, 3.63) is 66.4 Å². The van der Waals surface area contributed by atoms with Crippen molar-refractivity contribution in [2.24, 2.45) is 7.05 Å². The molecule has 0 N–H and O–H groups in total. The van der Waals surface area contributed by atoms with Crippen LogP contribution in [0.1, 0.15) is 11.4 Å². The van der Waals surface area contributed by atoms with Gasteiger partial charge in [-0.15, -0.1) is 0 Å². The first-order valence-corrected chi connectivity index (χ1v) is 9.60. The lowest BCUT2D eigenvalue weighted by Crippen LogP contribution is -2.02. The summed E-state index contributed by atoms with van der Waals surface area (Å²) in [5.74, 6) is 0.742. The van der Waals surface area contributed by atoms with Crippen LogP contribution in [0.25, 0.3) is 33.8 Å². The number of hydrogen-bond donors (Lipinski definition) is 0. The van der Waals surface area contributed by atoms with Crippen molar-refractivity contribution in [1.29, 1.82) is 0 Å². The van der Waals surface area contributed by atoms with E-state index >= 15 is 0 Å². The van der Waals surface area contributed by atoms with Gasteiger partial charge in [-0.25, -0.2) is 14.2 Å². The monoisotopic (exact) mass is 399 g/mol. The molecule has 0 atom stereocenters. The van der Waals surface area contributed by atoms with Crippen molar-refractivity contribution in [1.82, 2.24) is 34.2 Å². The molecule has 30 heavy (non-hydrogen) atoms. The van der Waals surface area contributed by atoms with Crippen LogP contribution in [0.2, 0.25) is 0 Å². The molecule has 0 unspecified atom stereocenters. The standard InChI is InChI=1S/C22H21N7O/c1-14-12-19(18-8-10-23-27(18)3)29-22(25-14)21(15(2)26-29)17-7-6-16(13-20(17)30-4)28-11-5-9-24-28/h5-13H,1-4H3. The van der Waals surface area contributed by atoms with Crippen molar-refractivity contribution < 1.29 is 4.74 Å². The summed E-state index contributed by atoms with van der Waals surface area (Å²) in [6, 6.07) is 11.9. The van der Waals surface area contributed by atoms with Gasteiger partial charge in [0.1, 0.15) is 5.75 Å². The molecular formula is C22H21N7O. The summed E-state index contributed by atoms with van der Waals surface area (Å²) in [6.45, 7) is 3.98. The van der Waals surface area contributed by atoms with Crippen molar-refractivity contribution in [2.45, 2.75) is 13.8 Å². The van der Waals surface area contributed by atoms with Gasteiger partial charge in [-0.05, 0) is 44.2 Å². The van der Waals surface area contributed by atoms with Gasteiger partial charge >= 0.3 is 0 Å². The molecule has 0 spiro atoms. The fourth-order valence-corrected chi connectivity index (χ4v) is 3.82. The molecule has 0 radical (unpaired) electrons. The smallest absolute Gasteiger partial charge is 0.164 e. The Labute approximate surface area is 173 Å². The zero-order valence-corrected chi connectivity index (χ0v) is 17.2. The Morgan fingerprint density at radius 2 is 1.83 bits per heavy atom. The van der Waals surface area contributed by atoms with Crippen LogP contribution in [0, 0.1) is 13.8 Å². The van der Waals surface area contributed by atoms with E-state index in [-0.39, 0.29) is 0 Å². The molecule has 0 bridgehead atoms. The first-order valence-electron chi connectivity index (χ1n) is 9.60. The molecule has 0 saturated heterocycles. The second kappa shape index (κ2) is 6.84. The Morgan fingerprint density at radius 3 is 2.53 bits per heavy atom. The van der Waals surface area contributed by atoms with E-state index < -0.39 is 0 Å². The van der Waals surface area contributed by atoms with Crippen molar-refractivity contribution in [3.8, 4) is 34.0 Å². The van der Waals surface area contributed by atoms with Gasteiger partial charge in [-0.3, -0.25) is 4.68 Å². The third-order valence-electron chi connectivity index (χ3n) is 5.20. The van der Waals surface area contributed by atoms with E-state index in [4.69, 9.17) is 14.8 Å². The number of hydrogen-bond acceptors (Lipinski definition) is 5. The molecule has 1 aromatic carbocycles. The Bertz CT molecular complexity index is 1360. The first kappa shape index (κ1) is 18.1. The van der Waals surface area contributed by atoms with Crippen molar-refractivity contribution in [3.63, 3.8) is 0 Å². The number of fused-ring (bicyclic) bond motifs is 1. The third-order valence-corrected chi connectivity index (χ3v) is 5.20. The lowest BCUT2D eigenvalue weighted by Gasteiger charge is -2.11. The van der Waals surface area contributed by atoms with Crippen LogP contribution in [-0.4, -0.2) is 41.3 Å². The average molecular weight is 399 g/mol. The van der Waals surface area contributed by atoms with E-state index in [0.717, 1.165) is 51.0 Å². The molecule has 4 aromatic heterocycles. The second-order valence-electron chi connectivity index (χ2n) is 7.15. The van der Waals surface area contributed by atoms with Crippen molar-refractivity contribution >= 4 is 5.65 Å². The van der Waals surface area contributed by atoms with Crippen LogP contribution >= 0.6 is 0 Å². The number of ether oxygens (including phenoxy) is 1. The quantitative estimate of drug-likeness (QED) is 0.462. The minimum Gasteiger partial charge on any atom is -0.496 e. The van der Waals surface area contributed by atoms with Gasteiger partial charge in [0.05, 0.1) is 35.4 Å². The molecule has 0 amide bonds. The predicted octanol–water partition coefficient (Wildman–Crippen LogP) is 3.61. The summed E-state index contributed by atoms with van der Waals surface area (Å²) in [6.07, 6.45) is 5.44. The number of nitrogens with zero attached hydrogens (tertiary/aromatic N) is 7. The minimum atomic E-state index is 0.742. The molecular weight excluding hydrogens is 378 g/mol. The Morgan fingerprint density at radius 1 is 0.967 bits per heavy atom. The van der Waals surface area contributed by atoms with Crippen LogP contribution < -0.4 is 4.74 Å². The topological polar surface area (TPSA) is 75.1 Å². The van der Waals surface area contributed by atoms with Gasteiger partial charge in [0, 0.05) is 43.0 Å². The molecule has 8 heteroatoms. The highest BCUT2D eigenvalue weighted by atomic mass is 16.5. The van der Waals surface area contributed by atoms with Gasteiger partial charge in [-0.1, -0.05) is 0 Å². The molecule has 8 nitrogen and oxygen atoms in total. The van der Waals surface area contributed by atoms with Crippen LogP contribution in [0.15, 0.2) is 55.0 Å². The highest BCUT2D eigenvalue weighted by Gasteiger charge is 2.21. The fourth-order valence-electron chi connectivity index (χ4n) is 3.82. The molecule has 0 aliphatic heterocycles. The third kappa shape index (κ3) is 2.76. The Balaban J connectivity index is 1.75. The molecule has 4 heterocycles. The highest BCUT2D eigenvalue weighted by Crippen LogP contribution is 2.37. The van der Waals surface area contributed by atoms with Crippen LogP contribution in [0.3, 0.4) is 0 Å². The Hall–Kier alpha value is -3.94. The molecule has 150 valence electrons. The van der Waals surface area contributed by atoms with Crippen LogP contribution in [0.4, 0.5) is 0 Å². The normalized spacial score (nSPS) is 11.3. The summed E-state index contributed by atoms with van der Waals surface area (Å²) in [7, 11) is 3.59. The summed E-state index contributed by atoms with van der Waals surface area (Å²) >= 11 is 0. The maximum absolute atomic E-state index is 5.74. The first-order chi connectivity index (χ1) is 14.6. The predicted molar refractivity (Wildman–Crippen MR) is 114 cm³/mol. The maximum Gasteiger partial charge on any atom is 0.164 e. The summed E-state index contributed by atoms with van der Waals surface area (Å²) in [5, 5.41) is 13.4. The van der Waals surface area contributed by atoms with Gasteiger partial charge in [0.2, 0.25) is 0 Å². The Kier molecular flexibility index (Phi) is 4.13. The van der Waals surface area contributed by atoms with Gasteiger partial charge in [0.15, 0.2) is 5.65 Å². The van der Waals surface area contributed by atoms with Gasteiger partial charge < -0.3 is 4.74 Å². The second-order valence-corrected chi connectivity index (χ2v) is 7.15. The summed E-state index contributed by atoms with van der Waals surface area (Å²) < 4.78 is 11.3. The summed E-state index contributed by atoms with van der Waals surface area (Å²) in [5.41, 5.74) is 7.30. The maximum atomic E-state index is 5.74. The van der Waals surface area contributed by atoms with E-state index in [2.05, 4.69) is 10.2 Å². The van der Waals surface area contributed by atoms with Crippen LogP contribution in [-0.2, 0) is 7.05 Å². The van der Waals surface area contributed by atoms with Crippen molar-refractivity contribution in [2.75, 3.05) is 7.11 Å². The molecule has 0 fully saturated rings. The molecule has 0 saturated carbocycles. The van der Waals surface area contributed by atoms with E-state index in [1.54, 1.807) is 24.2 Å². The zero-order chi connectivity index (χ0) is 20.8. The largest absolute Gasteiger partial charge is 0.496 e. The average Bonchev–Trinajstić information content (AvgIpc) is 3.47. The van der Waals surface area contributed by atoms with Gasteiger partial charge in [-0.2, -0.15) is 15.3 Å². The molecule has 5 rings (SSSR count). The molecule has 5 aromatic rings. The highest BCUT2D eigenvalue weighted by molar-refractivity contribution is 5.85. The van der Waals surface area contributed by atoms with Gasteiger partial charge in [0.25, 0.3) is 0 Å². The van der Waals surface area contributed by atoms with E-state index in [1.807, 2.05) is 72.7 Å². The van der Waals surface area contributed by atoms with E-state index in [0.29, 0.717) is 0 Å². The van der Waals surface area contributed by atoms with E-state index in [1.165, 1.54) is 0 Å².